The first-order valence-corrected chi connectivity index (χ1v) is 16.8. The van der Waals surface area contributed by atoms with Gasteiger partial charge in [-0.15, -0.1) is 0 Å². The number of nitrogens with one attached hydrogen (secondary N) is 2. The van der Waals surface area contributed by atoms with Crippen molar-refractivity contribution in [3.05, 3.63) is 66.7 Å². The quantitative estimate of drug-likeness (QED) is 0.303. The smallest absolute Gasteiger partial charge is 0.246 e. The zero-order valence-corrected chi connectivity index (χ0v) is 26.5. The van der Waals surface area contributed by atoms with Crippen molar-refractivity contribution in [2.45, 2.75) is 82.6 Å². The number of anilines is 1. The molecule has 0 radical (unpaired) electrons. The first-order chi connectivity index (χ1) is 21.9. The molecule has 1 unspecified atom stereocenters. The van der Waals surface area contributed by atoms with E-state index in [0.29, 0.717) is 24.5 Å². The van der Waals surface area contributed by atoms with Gasteiger partial charge in [-0.3, -0.25) is 14.4 Å². The predicted octanol–water partition coefficient (Wildman–Crippen LogP) is 5.14. The number of para-hydroxylation sites is 1. The molecule has 3 heterocycles. The average molecular weight is 615 g/mol. The van der Waals surface area contributed by atoms with E-state index in [1.54, 1.807) is 29.2 Å². The minimum absolute atomic E-state index is 0.103. The summed E-state index contributed by atoms with van der Waals surface area (Å²) in [4.78, 5) is 46.3. The number of nitrogens with zero attached hydrogens (tertiary/aromatic N) is 2. The van der Waals surface area contributed by atoms with Crippen LogP contribution in [0.4, 0.5) is 5.69 Å². The minimum atomic E-state index is -1.16. The highest BCUT2D eigenvalue weighted by molar-refractivity contribution is 6.02. The van der Waals surface area contributed by atoms with Gasteiger partial charge in [-0.05, 0) is 75.2 Å². The topological polar surface area (TPSA) is 100 Å². The first-order valence-electron chi connectivity index (χ1n) is 16.8. The van der Waals surface area contributed by atoms with E-state index in [-0.39, 0.29) is 23.8 Å². The van der Waals surface area contributed by atoms with Crippen molar-refractivity contribution >= 4 is 23.4 Å². The summed E-state index contributed by atoms with van der Waals surface area (Å²) >= 11 is 0. The number of hydrogen-bond acceptors (Lipinski definition) is 6. The Morgan fingerprint density at radius 2 is 1.62 bits per heavy atom. The maximum atomic E-state index is 14.3. The summed E-state index contributed by atoms with van der Waals surface area (Å²) in [5.41, 5.74) is -0.555. The highest BCUT2D eigenvalue weighted by Crippen LogP contribution is 2.55. The molecule has 6 rings (SSSR count). The van der Waals surface area contributed by atoms with E-state index in [0.717, 1.165) is 57.4 Å². The molecular weight excluding hydrogens is 568 g/mol. The second-order valence-electron chi connectivity index (χ2n) is 12.8. The molecule has 1 spiro atoms. The van der Waals surface area contributed by atoms with Crippen molar-refractivity contribution in [2.24, 2.45) is 11.8 Å². The molecule has 2 N–H and O–H groups in total. The zero-order valence-electron chi connectivity index (χ0n) is 26.5. The fourth-order valence-corrected chi connectivity index (χ4v) is 7.71. The van der Waals surface area contributed by atoms with E-state index in [2.05, 4.69) is 29.4 Å². The van der Waals surface area contributed by atoms with Crippen molar-refractivity contribution < 1.29 is 23.9 Å². The van der Waals surface area contributed by atoms with Gasteiger partial charge in [0.1, 0.15) is 23.1 Å². The largest absolute Gasteiger partial charge is 0.457 e. The second kappa shape index (κ2) is 13.7. The van der Waals surface area contributed by atoms with Crippen LogP contribution in [-0.4, -0.2) is 77.5 Å². The van der Waals surface area contributed by atoms with Crippen LogP contribution in [0.5, 0.6) is 11.5 Å². The molecule has 2 aromatic carbocycles. The summed E-state index contributed by atoms with van der Waals surface area (Å²) in [5.74, 6) is -0.752. The molecule has 45 heavy (non-hydrogen) atoms. The Morgan fingerprint density at radius 1 is 0.933 bits per heavy atom. The van der Waals surface area contributed by atoms with E-state index in [1.165, 1.54) is 6.42 Å². The number of amides is 3. The Morgan fingerprint density at radius 3 is 2.31 bits per heavy atom. The predicted molar refractivity (Wildman–Crippen MR) is 173 cm³/mol. The van der Waals surface area contributed by atoms with Crippen molar-refractivity contribution in [3.63, 3.8) is 0 Å². The van der Waals surface area contributed by atoms with Gasteiger partial charge in [-0.2, -0.15) is 0 Å². The van der Waals surface area contributed by atoms with E-state index in [4.69, 9.17) is 9.47 Å². The molecular formula is C36H46N4O5. The van der Waals surface area contributed by atoms with Crippen LogP contribution >= 0.6 is 0 Å². The standard InChI is InChI=1S/C36H46N4O5/c1-3-21-39(22-4-2)23-24-40-32(34(42)38-25-11-7-5-8-12-25)36-20-19-29(45-36)30(31(36)35(40)43)33(41)37-26-15-17-28(18-16-26)44-27-13-9-6-10-14-27/h6,9-10,13-20,25,29-32H,3-5,7-8,11-12,21-24H2,1-2H3,(H,37,41)(H,38,42)/t29-,30+,31+,32?,36+/m1/s1. The molecule has 9 heteroatoms. The third-order valence-corrected chi connectivity index (χ3v) is 9.71. The van der Waals surface area contributed by atoms with Crippen LogP contribution in [0.25, 0.3) is 0 Å². The third kappa shape index (κ3) is 6.38. The van der Waals surface area contributed by atoms with Crippen LogP contribution in [0.15, 0.2) is 66.7 Å². The molecule has 9 nitrogen and oxygen atoms in total. The summed E-state index contributed by atoms with van der Waals surface area (Å²) in [6.45, 7) is 7.25. The highest BCUT2D eigenvalue weighted by Gasteiger charge is 2.72. The normalized spacial score (nSPS) is 27.2. The molecule has 1 saturated carbocycles. The van der Waals surface area contributed by atoms with Crippen molar-refractivity contribution in [3.8, 4) is 11.5 Å². The van der Waals surface area contributed by atoms with E-state index in [1.807, 2.05) is 42.5 Å². The van der Waals surface area contributed by atoms with Gasteiger partial charge in [-0.1, -0.05) is 63.5 Å². The van der Waals surface area contributed by atoms with Crippen LogP contribution < -0.4 is 15.4 Å². The maximum absolute atomic E-state index is 14.3. The maximum Gasteiger partial charge on any atom is 0.246 e. The van der Waals surface area contributed by atoms with Crippen LogP contribution in [-0.2, 0) is 19.1 Å². The second-order valence-corrected chi connectivity index (χ2v) is 12.8. The molecule has 3 amide bonds. The molecule has 3 aliphatic heterocycles. The van der Waals surface area contributed by atoms with Gasteiger partial charge in [0.05, 0.1) is 17.9 Å². The molecule has 1 aliphatic carbocycles. The van der Waals surface area contributed by atoms with Gasteiger partial charge in [0.15, 0.2) is 0 Å². The summed E-state index contributed by atoms with van der Waals surface area (Å²) in [5, 5.41) is 6.28. The molecule has 2 bridgehead atoms. The lowest BCUT2D eigenvalue weighted by molar-refractivity contribution is -0.141. The van der Waals surface area contributed by atoms with Crippen molar-refractivity contribution in [1.29, 1.82) is 0 Å². The van der Waals surface area contributed by atoms with E-state index < -0.39 is 29.6 Å². The number of hydrogen-bond donors (Lipinski definition) is 2. The number of ether oxygens (including phenoxy) is 2. The molecule has 0 aromatic heterocycles. The summed E-state index contributed by atoms with van der Waals surface area (Å²) in [7, 11) is 0. The summed E-state index contributed by atoms with van der Waals surface area (Å²) in [6, 6.07) is 16.0. The summed E-state index contributed by atoms with van der Waals surface area (Å²) in [6.07, 6.45) is 10.5. The first kappa shape index (κ1) is 31.3. The van der Waals surface area contributed by atoms with Gasteiger partial charge in [0.25, 0.3) is 0 Å². The Hall–Kier alpha value is -3.69. The number of benzene rings is 2. The van der Waals surface area contributed by atoms with Gasteiger partial charge in [0.2, 0.25) is 17.7 Å². The highest BCUT2D eigenvalue weighted by atomic mass is 16.5. The van der Waals surface area contributed by atoms with E-state index in [9.17, 15) is 14.4 Å². The van der Waals surface area contributed by atoms with Crippen LogP contribution in [0.2, 0.25) is 0 Å². The molecule has 2 aromatic rings. The van der Waals surface area contributed by atoms with Gasteiger partial charge < -0.3 is 29.9 Å². The molecule has 240 valence electrons. The number of fused-ring (bicyclic) bond motifs is 1. The Labute approximate surface area is 266 Å². The third-order valence-electron chi connectivity index (χ3n) is 9.71. The Bertz CT molecular complexity index is 1370. The SMILES string of the molecule is CCCN(CCC)CCN1C(=O)[C@@H]2[C@@H](C(=O)Nc3ccc(Oc4ccccc4)cc3)[C@H]3C=C[C@@]2(O3)C1C(=O)NC1CCCCC1. The van der Waals surface area contributed by atoms with Crippen molar-refractivity contribution in [2.75, 3.05) is 31.5 Å². The molecule has 3 fully saturated rings. The number of carbonyl (C=O) groups excluding carboxylic acids is 3. The lowest BCUT2D eigenvalue weighted by Crippen LogP contribution is -2.57. The van der Waals surface area contributed by atoms with Gasteiger partial charge in [0, 0.05) is 24.8 Å². The van der Waals surface area contributed by atoms with Crippen LogP contribution in [0.3, 0.4) is 0 Å². The lowest BCUT2D eigenvalue weighted by Gasteiger charge is -2.35. The van der Waals surface area contributed by atoms with Gasteiger partial charge in [-0.25, -0.2) is 0 Å². The molecule has 5 atom stereocenters. The monoisotopic (exact) mass is 614 g/mol. The average Bonchev–Trinajstić information content (AvgIpc) is 3.69. The van der Waals surface area contributed by atoms with Crippen LogP contribution in [0.1, 0.15) is 58.8 Å². The molecule has 2 saturated heterocycles. The van der Waals surface area contributed by atoms with Gasteiger partial charge >= 0.3 is 0 Å². The lowest BCUT2D eigenvalue weighted by atomic mass is 9.74. The Balaban J connectivity index is 1.21. The Kier molecular flexibility index (Phi) is 9.56. The number of carbonyl (C=O) groups is 3. The fraction of sp³-hybridized carbons (Fsp3) is 0.528. The summed E-state index contributed by atoms with van der Waals surface area (Å²) < 4.78 is 12.4. The number of rotatable bonds is 13. The number of likely N-dealkylation sites (tertiary alicyclic amines) is 1. The van der Waals surface area contributed by atoms with Crippen molar-refractivity contribution in [1.82, 2.24) is 15.1 Å². The zero-order chi connectivity index (χ0) is 31.4. The minimum Gasteiger partial charge on any atom is -0.457 e. The fourth-order valence-electron chi connectivity index (χ4n) is 7.71. The van der Waals surface area contributed by atoms with Crippen LogP contribution in [0, 0.1) is 11.8 Å². The van der Waals surface area contributed by atoms with E-state index >= 15 is 0 Å². The molecule has 4 aliphatic rings.